The third-order valence-electron chi connectivity index (χ3n) is 5.76. The van der Waals surface area contributed by atoms with Crippen molar-refractivity contribution in [3.8, 4) is 0 Å². The van der Waals surface area contributed by atoms with Crippen LogP contribution in [0.3, 0.4) is 0 Å². The van der Waals surface area contributed by atoms with Crippen molar-refractivity contribution in [2.75, 3.05) is 0 Å². The van der Waals surface area contributed by atoms with Crippen LogP contribution >= 0.6 is 0 Å². The van der Waals surface area contributed by atoms with Crippen LogP contribution in [0.25, 0.3) is 21.7 Å². The molecule has 0 bridgehead atoms. The van der Waals surface area contributed by atoms with Crippen LogP contribution in [-0.4, -0.2) is 20.9 Å². The van der Waals surface area contributed by atoms with E-state index in [2.05, 4.69) is 59.3 Å². The number of benzene rings is 3. The predicted molar refractivity (Wildman–Crippen MR) is 113 cm³/mol. The van der Waals surface area contributed by atoms with Crippen molar-refractivity contribution in [1.29, 1.82) is 0 Å². The quantitative estimate of drug-likeness (QED) is 0.550. The molecule has 1 aromatic heterocycles. The van der Waals surface area contributed by atoms with Gasteiger partial charge in [-0.1, -0.05) is 48.5 Å². The second-order valence-electron chi connectivity index (χ2n) is 7.72. The lowest BCUT2D eigenvalue weighted by atomic mass is 10.0. The number of hydrogen-bond acceptors (Lipinski definition) is 3. The third-order valence-corrected chi connectivity index (χ3v) is 5.76. The van der Waals surface area contributed by atoms with E-state index in [4.69, 9.17) is 4.98 Å². The maximum absolute atomic E-state index is 12.4. The number of hydrogen-bond donors (Lipinski definition) is 1. The maximum atomic E-state index is 12.4. The van der Waals surface area contributed by atoms with Crippen LogP contribution in [0.4, 0.5) is 0 Å². The molecule has 0 amide bonds. The lowest BCUT2D eigenvalue weighted by molar-refractivity contribution is 0.186. The fourth-order valence-corrected chi connectivity index (χ4v) is 4.03. The molecule has 5 rings (SSSR count). The van der Waals surface area contributed by atoms with E-state index < -0.39 is 0 Å². The molecule has 3 aromatic carbocycles. The molecule has 0 saturated heterocycles. The summed E-state index contributed by atoms with van der Waals surface area (Å²) in [6, 6.07) is 23.5. The van der Waals surface area contributed by atoms with Crippen molar-refractivity contribution in [3.05, 3.63) is 88.5 Å². The zero-order valence-electron chi connectivity index (χ0n) is 15.9. The Balaban J connectivity index is 1.48. The highest BCUT2D eigenvalue weighted by molar-refractivity contribution is 5.83. The van der Waals surface area contributed by atoms with Crippen molar-refractivity contribution in [2.45, 2.75) is 38.4 Å². The van der Waals surface area contributed by atoms with Gasteiger partial charge in [0.1, 0.15) is 5.82 Å². The Morgan fingerprint density at radius 2 is 1.79 bits per heavy atom. The number of fused-ring (bicyclic) bond motifs is 2. The fourth-order valence-electron chi connectivity index (χ4n) is 4.03. The number of aromatic nitrogens is 2. The molecule has 0 spiro atoms. The first-order valence-corrected chi connectivity index (χ1v) is 9.91. The molecular weight excluding hydrogens is 346 g/mol. The number of rotatable bonds is 5. The van der Waals surface area contributed by atoms with Crippen molar-refractivity contribution in [3.63, 3.8) is 0 Å². The highest BCUT2D eigenvalue weighted by Crippen LogP contribution is 2.36. The first-order valence-electron chi connectivity index (χ1n) is 9.91. The Morgan fingerprint density at radius 3 is 2.61 bits per heavy atom. The van der Waals surface area contributed by atoms with Gasteiger partial charge in [-0.2, -0.15) is 0 Å². The first kappa shape index (κ1) is 17.1. The number of nitrogens with zero attached hydrogens (tertiary/aromatic N) is 2. The molecule has 140 valence electrons. The van der Waals surface area contributed by atoms with E-state index in [1.807, 2.05) is 24.3 Å². The van der Waals surface area contributed by atoms with E-state index in [0.29, 0.717) is 18.0 Å². The molecule has 4 nitrogen and oxygen atoms in total. The lowest BCUT2D eigenvalue weighted by Crippen LogP contribution is -2.30. The molecule has 1 atom stereocenters. The molecule has 1 N–H and O–H groups in total. The van der Waals surface area contributed by atoms with Crippen LogP contribution in [0.15, 0.2) is 71.5 Å². The minimum Gasteiger partial charge on any atom is -0.309 e. The molecule has 4 aromatic rings. The van der Waals surface area contributed by atoms with Gasteiger partial charge in [-0.3, -0.25) is 9.69 Å². The van der Waals surface area contributed by atoms with Crippen LogP contribution in [0, 0.1) is 0 Å². The van der Waals surface area contributed by atoms with Crippen molar-refractivity contribution in [2.24, 2.45) is 0 Å². The normalized spacial score (nSPS) is 15.4. The lowest BCUT2D eigenvalue weighted by Gasteiger charge is -2.29. The maximum Gasteiger partial charge on any atom is 0.258 e. The average Bonchev–Trinajstić information content (AvgIpc) is 3.56. The molecule has 4 heteroatoms. The van der Waals surface area contributed by atoms with Gasteiger partial charge in [0.05, 0.1) is 17.4 Å². The average molecular weight is 369 g/mol. The molecule has 1 heterocycles. The molecule has 1 fully saturated rings. The van der Waals surface area contributed by atoms with Gasteiger partial charge in [0.15, 0.2) is 0 Å². The molecule has 28 heavy (non-hydrogen) atoms. The van der Waals surface area contributed by atoms with Crippen LogP contribution in [-0.2, 0) is 6.54 Å². The van der Waals surface area contributed by atoms with Gasteiger partial charge < -0.3 is 4.98 Å². The summed E-state index contributed by atoms with van der Waals surface area (Å²) in [4.78, 5) is 22.6. The largest absolute Gasteiger partial charge is 0.309 e. The van der Waals surface area contributed by atoms with E-state index in [9.17, 15) is 4.79 Å². The van der Waals surface area contributed by atoms with Gasteiger partial charge in [0, 0.05) is 12.1 Å². The minimum absolute atomic E-state index is 0.0605. The van der Waals surface area contributed by atoms with Crippen molar-refractivity contribution in [1.82, 2.24) is 14.9 Å². The molecule has 1 saturated carbocycles. The van der Waals surface area contributed by atoms with Crippen molar-refractivity contribution >= 4 is 21.7 Å². The van der Waals surface area contributed by atoms with E-state index in [1.165, 1.54) is 29.2 Å². The molecule has 0 aliphatic heterocycles. The first-order chi connectivity index (χ1) is 13.7. The van der Waals surface area contributed by atoms with E-state index in [0.717, 1.165) is 11.3 Å². The zero-order chi connectivity index (χ0) is 19.1. The minimum atomic E-state index is -0.0605. The SMILES string of the molecule is CC(c1ccc2ccccc2c1)N(Cc1nc2ccccc2c(=O)[nH]1)C1CC1. The molecule has 1 unspecified atom stereocenters. The summed E-state index contributed by atoms with van der Waals surface area (Å²) in [5, 5.41) is 3.17. The van der Waals surface area contributed by atoms with Gasteiger partial charge >= 0.3 is 0 Å². The number of aromatic amines is 1. The summed E-state index contributed by atoms with van der Waals surface area (Å²) >= 11 is 0. The third kappa shape index (κ3) is 3.20. The second kappa shape index (κ2) is 6.88. The highest BCUT2D eigenvalue weighted by atomic mass is 16.1. The van der Waals surface area contributed by atoms with Gasteiger partial charge in [-0.25, -0.2) is 4.98 Å². The Bertz CT molecular complexity index is 1210. The number of para-hydroxylation sites is 1. The summed E-state index contributed by atoms with van der Waals surface area (Å²) in [7, 11) is 0. The van der Waals surface area contributed by atoms with Crippen LogP contribution in [0.2, 0.25) is 0 Å². The highest BCUT2D eigenvalue weighted by Gasteiger charge is 2.33. The van der Waals surface area contributed by atoms with Gasteiger partial charge in [0.2, 0.25) is 0 Å². The molecule has 0 radical (unpaired) electrons. The number of H-pyrrole nitrogens is 1. The van der Waals surface area contributed by atoms with E-state index >= 15 is 0 Å². The Hall–Kier alpha value is -2.98. The summed E-state index contributed by atoms with van der Waals surface area (Å²) < 4.78 is 0. The Morgan fingerprint density at radius 1 is 1.04 bits per heavy atom. The van der Waals surface area contributed by atoms with E-state index in [1.54, 1.807) is 0 Å². The topological polar surface area (TPSA) is 49.0 Å². The monoisotopic (exact) mass is 369 g/mol. The second-order valence-corrected chi connectivity index (χ2v) is 7.72. The van der Waals surface area contributed by atoms with Crippen molar-refractivity contribution < 1.29 is 0 Å². The van der Waals surface area contributed by atoms with E-state index in [-0.39, 0.29) is 11.6 Å². The van der Waals surface area contributed by atoms with Gasteiger partial charge in [-0.05, 0) is 54.3 Å². The summed E-state index contributed by atoms with van der Waals surface area (Å²) in [6.07, 6.45) is 2.41. The van der Waals surface area contributed by atoms with Crippen LogP contribution in [0.5, 0.6) is 0 Å². The molecule has 1 aliphatic rings. The standard InChI is InChI=1S/C24H23N3O/c1-16(18-11-10-17-6-2-3-7-19(17)14-18)27(20-12-13-20)15-23-25-22-9-5-4-8-21(22)24(28)26-23/h2-11,14,16,20H,12-13,15H2,1H3,(H,25,26,28). The van der Waals surface area contributed by atoms with Crippen LogP contribution in [0.1, 0.15) is 37.2 Å². The fraction of sp³-hybridized carbons (Fsp3) is 0.250. The zero-order valence-corrected chi connectivity index (χ0v) is 15.9. The number of nitrogens with one attached hydrogen (secondary N) is 1. The predicted octanol–water partition coefficient (Wildman–Crippen LogP) is 4.80. The van der Waals surface area contributed by atoms with Crippen LogP contribution < -0.4 is 5.56 Å². The Kier molecular flexibility index (Phi) is 4.21. The summed E-state index contributed by atoms with van der Waals surface area (Å²) in [5.74, 6) is 0.739. The smallest absolute Gasteiger partial charge is 0.258 e. The molecule has 1 aliphatic carbocycles. The summed E-state index contributed by atoms with van der Waals surface area (Å²) in [6.45, 7) is 2.90. The van der Waals surface area contributed by atoms with Gasteiger partial charge in [-0.15, -0.1) is 0 Å². The van der Waals surface area contributed by atoms with Gasteiger partial charge in [0.25, 0.3) is 5.56 Å². The Labute approximate surface area is 163 Å². The summed E-state index contributed by atoms with van der Waals surface area (Å²) in [5.41, 5.74) is 2.00. The molecular formula is C24H23N3O.